The fraction of sp³-hybridized carbons (Fsp3) is 0.250. The SMILES string of the molecule is Cc1ccc2c(CC(=O)Nc3ccc(OC(C)C)cc3F)coc2c1. The minimum atomic E-state index is -0.529. The third-order valence-corrected chi connectivity index (χ3v) is 3.75. The molecular formula is C20H20FNO3. The molecule has 3 rings (SSSR count). The molecule has 0 aliphatic heterocycles. The fourth-order valence-electron chi connectivity index (χ4n) is 2.64. The van der Waals surface area contributed by atoms with Gasteiger partial charge < -0.3 is 14.5 Å². The normalized spacial score (nSPS) is 11.1. The first kappa shape index (κ1) is 17.0. The van der Waals surface area contributed by atoms with Crippen LogP contribution in [0, 0.1) is 12.7 Å². The third-order valence-electron chi connectivity index (χ3n) is 3.75. The van der Waals surface area contributed by atoms with E-state index in [1.165, 1.54) is 12.1 Å². The van der Waals surface area contributed by atoms with Crippen LogP contribution in [0.15, 0.2) is 47.1 Å². The molecule has 4 nitrogen and oxygen atoms in total. The van der Waals surface area contributed by atoms with Gasteiger partial charge >= 0.3 is 0 Å². The lowest BCUT2D eigenvalue weighted by Crippen LogP contribution is -2.15. The van der Waals surface area contributed by atoms with Gasteiger partial charge in [-0.2, -0.15) is 0 Å². The Bertz CT molecular complexity index is 914. The fourth-order valence-corrected chi connectivity index (χ4v) is 2.64. The molecule has 0 saturated heterocycles. The van der Waals surface area contributed by atoms with E-state index in [0.29, 0.717) is 5.75 Å². The minimum Gasteiger partial charge on any atom is -0.491 e. The van der Waals surface area contributed by atoms with Gasteiger partial charge in [0, 0.05) is 17.0 Å². The molecule has 0 saturated carbocycles. The van der Waals surface area contributed by atoms with Crippen molar-refractivity contribution in [3.8, 4) is 5.75 Å². The zero-order valence-corrected chi connectivity index (χ0v) is 14.4. The highest BCUT2D eigenvalue weighted by atomic mass is 19.1. The van der Waals surface area contributed by atoms with Crippen molar-refractivity contribution >= 4 is 22.6 Å². The number of anilines is 1. The minimum absolute atomic E-state index is 0.0437. The van der Waals surface area contributed by atoms with E-state index in [-0.39, 0.29) is 24.1 Å². The van der Waals surface area contributed by atoms with Gasteiger partial charge in [0.1, 0.15) is 17.1 Å². The van der Waals surface area contributed by atoms with Crippen molar-refractivity contribution in [2.24, 2.45) is 0 Å². The zero-order chi connectivity index (χ0) is 18.0. The van der Waals surface area contributed by atoms with Crippen LogP contribution >= 0.6 is 0 Å². The number of amides is 1. The highest BCUT2D eigenvalue weighted by Gasteiger charge is 2.13. The van der Waals surface area contributed by atoms with Gasteiger partial charge in [0.25, 0.3) is 0 Å². The van der Waals surface area contributed by atoms with Crippen LogP contribution in [0.4, 0.5) is 10.1 Å². The van der Waals surface area contributed by atoms with Crippen LogP contribution in [0.1, 0.15) is 25.0 Å². The molecule has 0 unspecified atom stereocenters. The number of benzene rings is 2. The molecule has 0 bridgehead atoms. The number of rotatable bonds is 5. The van der Waals surface area contributed by atoms with Crippen molar-refractivity contribution in [3.63, 3.8) is 0 Å². The number of nitrogens with one attached hydrogen (secondary N) is 1. The first-order valence-electron chi connectivity index (χ1n) is 8.15. The summed E-state index contributed by atoms with van der Waals surface area (Å²) in [5.41, 5.74) is 2.73. The van der Waals surface area contributed by atoms with E-state index in [2.05, 4.69) is 5.32 Å². The molecule has 2 aromatic carbocycles. The second-order valence-corrected chi connectivity index (χ2v) is 6.29. The Labute approximate surface area is 145 Å². The summed E-state index contributed by atoms with van der Waals surface area (Å²) in [6, 6.07) is 10.2. The van der Waals surface area contributed by atoms with E-state index in [0.717, 1.165) is 22.1 Å². The van der Waals surface area contributed by atoms with E-state index in [1.807, 2.05) is 39.0 Å². The number of furan rings is 1. The summed E-state index contributed by atoms with van der Waals surface area (Å²) in [5, 5.41) is 3.48. The maximum atomic E-state index is 14.1. The summed E-state index contributed by atoms with van der Waals surface area (Å²) in [5.74, 6) is -0.402. The van der Waals surface area contributed by atoms with E-state index >= 15 is 0 Å². The predicted octanol–water partition coefficient (Wildman–Crippen LogP) is 4.85. The van der Waals surface area contributed by atoms with Crippen molar-refractivity contribution in [1.82, 2.24) is 0 Å². The lowest BCUT2D eigenvalue weighted by Gasteiger charge is -2.11. The molecule has 1 amide bonds. The van der Waals surface area contributed by atoms with Crippen LogP contribution < -0.4 is 10.1 Å². The van der Waals surface area contributed by atoms with E-state index < -0.39 is 5.82 Å². The molecule has 1 aromatic heterocycles. The first-order chi connectivity index (χ1) is 11.9. The molecule has 0 radical (unpaired) electrons. The molecule has 1 N–H and O–H groups in total. The Morgan fingerprint density at radius 3 is 2.76 bits per heavy atom. The van der Waals surface area contributed by atoms with Gasteiger partial charge in [-0.1, -0.05) is 12.1 Å². The summed E-state index contributed by atoms with van der Waals surface area (Å²) < 4.78 is 25.0. The largest absolute Gasteiger partial charge is 0.491 e. The molecule has 0 spiro atoms. The van der Waals surface area contributed by atoms with E-state index in [4.69, 9.17) is 9.15 Å². The summed E-state index contributed by atoms with van der Waals surface area (Å²) in [7, 11) is 0. The molecule has 0 aliphatic rings. The van der Waals surface area contributed by atoms with Crippen LogP contribution in [0.5, 0.6) is 5.75 Å². The molecule has 130 valence electrons. The van der Waals surface area contributed by atoms with Gasteiger partial charge in [-0.3, -0.25) is 4.79 Å². The number of carbonyl (C=O) groups is 1. The second-order valence-electron chi connectivity index (χ2n) is 6.29. The average Bonchev–Trinajstić information content (AvgIpc) is 2.91. The lowest BCUT2D eigenvalue weighted by atomic mass is 10.1. The van der Waals surface area contributed by atoms with Gasteiger partial charge in [0.15, 0.2) is 0 Å². The first-order valence-corrected chi connectivity index (χ1v) is 8.15. The molecular weight excluding hydrogens is 321 g/mol. The van der Waals surface area contributed by atoms with Gasteiger partial charge in [-0.05, 0) is 44.5 Å². The number of fused-ring (bicyclic) bond motifs is 1. The summed E-state index contributed by atoms with van der Waals surface area (Å²) in [4.78, 5) is 12.3. The number of hydrogen-bond acceptors (Lipinski definition) is 3. The monoisotopic (exact) mass is 341 g/mol. The van der Waals surface area contributed by atoms with Crippen LogP contribution in [0.3, 0.4) is 0 Å². The number of aryl methyl sites for hydroxylation is 1. The Kier molecular flexibility index (Phi) is 4.74. The highest BCUT2D eigenvalue weighted by Crippen LogP contribution is 2.24. The molecule has 5 heteroatoms. The van der Waals surface area contributed by atoms with Crippen LogP contribution in [-0.2, 0) is 11.2 Å². The molecule has 0 aliphatic carbocycles. The van der Waals surface area contributed by atoms with Crippen LogP contribution in [0.25, 0.3) is 11.0 Å². The van der Waals surface area contributed by atoms with Gasteiger partial charge in [0.05, 0.1) is 24.5 Å². The third kappa shape index (κ3) is 3.99. The molecule has 25 heavy (non-hydrogen) atoms. The average molecular weight is 341 g/mol. The van der Waals surface area contributed by atoms with Crippen LogP contribution in [-0.4, -0.2) is 12.0 Å². The topological polar surface area (TPSA) is 51.5 Å². The summed E-state index contributed by atoms with van der Waals surface area (Å²) >= 11 is 0. The molecule has 0 fully saturated rings. The Morgan fingerprint density at radius 2 is 2.04 bits per heavy atom. The zero-order valence-electron chi connectivity index (χ0n) is 14.4. The number of halogens is 1. The lowest BCUT2D eigenvalue weighted by molar-refractivity contribution is -0.115. The number of hydrogen-bond donors (Lipinski definition) is 1. The van der Waals surface area contributed by atoms with E-state index in [9.17, 15) is 9.18 Å². The standard InChI is InChI=1S/C20H20FNO3/c1-12(2)25-15-5-7-18(17(21)10-15)22-20(23)9-14-11-24-19-8-13(3)4-6-16(14)19/h4-8,10-12H,9H2,1-3H3,(H,22,23). The van der Waals surface area contributed by atoms with Gasteiger partial charge in [-0.25, -0.2) is 4.39 Å². The Balaban J connectivity index is 1.71. The molecule has 0 atom stereocenters. The second kappa shape index (κ2) is 6.97. The van der Waals surface area contributed by atoms with Gasteiger partial charge in [-0.15, -0.1) is 0 Å². The van der Waals surface area contributed by atoms with Crippen LogP contribution in [0.2, 0.25) is 0 Å². The van der Waals surface area contributed by atoms with Crippen molar-refractivity contribution in [1.29, 1.82) is 0 Å². The predicted molar refractivity (Wildman–Crippen MR) is 95.4 cm³/mol. The van der Waals surface area contributed by atoms with Crippen molar-refractivity contribution in [2.75, 3.05) is 5.32 Å². The van der Waals surface area contributed by atoms with Crippen molar-refractivity contribution in [3.05, 3.63) is 59.6 Å². The number of carbonyl (C=O) groups excluding carboxylic acids is 1. The smallest absolute Gasteiger partial charge is 0.229 e. The molecule has 3 aromatic rings. The summed E-state index contributed by atoms with van der Waals surface area (Å²) in [6.45, 7) is 5.71. The van der Waals surface area contributed by atoms with Crippen molar-refractivity contribution in [2.45, 2.75) is 33.3 Å². The highest BCUT2D eigenvalue weighted by molar-refractivity contribution is 5.95. The van der Waals surface area contributed by atoms with Crippen molar-refractivity contribution < 1.29 is 18.3 Å². The van der Waals surface area contributed by atoms with Gasteiger partial charge in [0.2, 0.25) is 5.91 Å². The Hall–Kier alpha value is -2.82. The maximum Gasteiger partial charge on any atom is 0.229 e. The summed E-state index contributed by atoms with van der Waals surface area (Å²) in [6.07, 6.45) is 1.64. The number of ether oxygens (including phenoxy) is 1. The quantitative estimate of drug-likeness (QED) is 0.722. The Morgan fingerprint density at radius 1 is 1.24 bits per heavy atom. The molecule has 1 heterocycles. The maximum absolute atomic E-state index is 14.1. The van der Waals surface area contributed by atoms with E-state index in [1.54, 1.807) is 12.3 Å².